The second-order valence-corrected chi connectivity index (χ2v) is 4.09. The van der Waals surface area contributed by atoms with Gasteiger partial charge in [-0.25, -0.2) is 4.79 Å². The third-order valence-electron chi connectivity index (χ3n) is 2.75. The number of carboxylic acids is 1. The number of ether oxygens (including phenoxy) is 2. The maximum Gasteiger partial charge on any atom is 0.335 e. The number of carbonyl (C=O) groups is 1. The highest BCUT2D eigenvalue weighted by atomic mass is 16.7. The number of hydrogen-bond acceptors (Lipinski definition) is 6. The standard InChI is InChI=1S/C10H18O7/c1-3-4(2)16-10-7(13)5(11)6(12)8(17-10)9(14)15/h4-8,10-13H,3H2,1-2H3,(H,14,15)/t4?,5?,6-,7+,8?,10+/m0/s1. The fraction of sp³-hybridized carbons (Fsp3) is 0.900. The summed E-state index contributed by atoms with van der Waals surface area (Å²) in [6, 6.07) is 0. The molecule has 1 rings (SSSR count). The minimum atomic E-state index is -1.68. The molecule has 1 aliphatic rings. The molecule has 0 aromatic carbocycles. The van der Waals surface area contributed by atoms with Crippen LogP contribution in [0.1, 0.15) is 20.3 Å². The summed E-state index contributed by atoms with van der Waals surface area (Å²) < 4.78 is 10.2. The normalized spacial score (nSPS) is 39.9. The maximum absolute atomic E-state index is 10.8. The third-order valence-corrected chi connectivity index (χ3v) is 2.75. The van der Waals surface area contributed by atoms with Crippen LogP contribution >= 0.6 is 0 Å². The van der Waals surface area contributed by atoms with Crippen molar-refractivity contribution in [2.24, 2.45) is 0 Å². The third kappa shape index (κ3) is 3.14. The van der Waals surface area contributed by atoms with E-state index in [0.717, 1.165) is 0 Å². The summed E-state index contributed by atoms with van der Waals surface area (Å²) in [5.41, 5.74) is 0. The molecule has 1 aliphatic heterocycles. The molecule has 6 atom stereocenters. The SMILES string of the molecule is CCC(C)O[C@@H]1OC(C(=O)O)[C@@H](O)C(O)[C@H]1O. The Morgan fingerprint density at radius 1 is 1.29 bits per heavy atom. The molecule has 1 fully saturated rings. The highest BCUT2D eigenvalue weighted by Gasteiger charge is 2.47. The van der Waals surface area contributed by atoms with Crippen LogP contribution in [0.3, 0.4) is 0 Å². The van der Waals surface area contributed by atoms with Crippen LogP contribution in [0.2, 0.25) is 0 Å². The minimum Gasteiger partial charge on any atom is -0.479 e. The lowest BCUT2D eigenvalue weighted by Gasteiger charge is -2.39. The van der Waals surface area contributed by atoms with Crippen LogP contribution in [0.15, 0.2) is 0 Å². The van der Waals surface area contributed by atoms with Gasteiger partial charge in [0.15, 0.2) is 12.4 Å². The van der Waals surface area contributed by atoms with Crippen molar-refractivity contribution in [2.75, 3.05) is 0 Å². The van der Waals surface area contributed by atoms with Crippen molar-refractivity contribution in [3.8, 4) is 0 Å². The number of rotatable bonds is 4. The summed E-state index contributed by atoms with van der Waals surface area (Å²) in [6.07, 6.45) is -7.26. The molecule has 0 radical (unpaired) electrons. The Kier molecular flexibility index (Phi) is 4.84. The van der Waals surface area contributed by atoms with E-state index in [1.165, 1.54) is 0 Å². The lowest BCUT2D eigenvalue weighted by Crippen LogP contribution is -2.60. The molecule has 1 heterocycles. The van der Waals surface area contributed by atoms with Crippen molar-refractivity contribution < 1.29 is 34.7 Å². The first kappa shape index (κ1) is 14.3. The van der Waals surface area contributed by atoms with Crippen molar-refractivity contribution in [3.05, 3.63) is 0 Å². The second kappa shape index (κ2) is 5.74. The molecule has 0 saturated carbocycles. The van der Waals surface area contributed by atoms with Gasteiger partial charge in [0.25, 0.3) is 0 Å². The first-order chi connectivity index (χ1) is 7.88. The van der Waals surface area contributed by atoms with E-state index in [1.54, 1.807) is 6.92 Å². The smallest absolute Gasteiger partial charge is 0.335 e. The lowest BCUT2D eigenvalue weighted by atomic mass is 9.99. The molecule has 3 unspecified atom stereocenters. The Morgan fingerprint density at radius 3 is 2.35 bits per heavy atom. The van der Waals surface area contributed by atoms with Gasteiger partial charge in [-0.05, 0) is 13.3 Å². The zero-order valence-electron chi connectivity index (χ0n) is 9.68. The van der Waals surface area contributed by atoms with Gasteiger partial charge in [0.1, 0.15) is 18.3 Å². The molecular weight excluding hydrogens is 232 g/mol. The molecule has 100 valence electrons. The Morgan fingerprint density at radius 2 is 1.88 bits per heavy atom. The zero-order chi connectivity index (χ0) is 13.2. The number of aliphatic hydroxyl groups is 3. The van der Waals surface area contributed by atoms with Crippen LogP contribution in [0, 0.1) is 0 Å². The largest absolute Gasteiger partial charge is 0.479 e. The quantitative estimate of drug-likeness (QED) is 0.489. The fourth-order valence-electron chi connectivity index (χ4n) is 1.49. The van der Waals surface area contributed by atoms with Crippen molar-refractivity contribution in [3.63, 3.8) is 0 Å². The van der Waals surface area contributed by atoms with E-state index < -0.39 is 36.7 Å². The summed E-state index contributed by atoms with van der Waals surface area (Å²) in [4.78, 5) is 10.8. The topological polar surface area (TPSA) is 116 Å². The van der Waals surface area contributed by atoms with Gasteiger partial charge in [-0.3, -0.25) is 0 Å². The van der Waals surface area contributed by atoms with E-state index in [2.05, 4.69) is 0 Å². The number of aliphatic carboxylic acids is 1. The van der Waals surface area contributed by atoms with Crippen LogP contribution < -0.4 is 0 Å². The van der Waals surface area contributed by atoms with Gasteiger partial charge in [0.2, 0.25) is 0 Å². The van der Waals surface area contributed by atoms with Crippen LogP contribution in [-0.4, -0.2) is 63.2 Å². The van der Waals surface area contributed by atoms with E-state index >= 15 is 0 Å². The fourth-order valence-corrected chi connectivity index (χ4v) is 1.49. The predicted molar refractivity (Wildman–Crippen MR) is 55.2 cm³/mol. The Labute approximate surface area is 98.6 Å². The number of carboxylic acid groups (broad SMARTS) is 1. The first-order valence-electron chi connectivity index (χ1n) is 5.46. The molecule has 7 nitrogen and oxygen atoms in total. The average molecular weight is 250 g/mol. The predicted octanol–water partition coefficient (Wildman–Crippen LogP) is -1.31. The highest BCUT2D eigenvalue weighted by molar-refractivity contribution is 5.73. The Hall–Kier alpha value is -0.730. The molecule has 1 saturated heterocycles. The van der Waals surface area contributed by atoms with Crippen LogP contribution in [0.25, 0.3) is 0 Å². The van der Waals surface area contributed by atoms with Gasteiger partial charge in [0, 0.05) is 0 Å². The lowest BCUT2D eigenvalue weighted by molar-refractivity contribution is -0.303. The molecule has 0 aliphatic carbocycles. The molecule has 0 aromatic rings. The molecule has 0 amide bonds. The average Bonchev–Trinajstić information content (AvgIpc) is 2.29. The van der Waals surface area contributed by atoms with Gasteiger partial charge < -0.3 is 29.9 Å². The van der Waals surface area contributed by atoms with Crippen molar-refractivity contribution in [1.82, 2.24) is 0 Å². The van der Waals surface area contributed by atoms with Gasteiger partial charge >= 0.3 is 5.97 Å². The molecule has 17 heavy (non-hydrogen) atoms. The van der Waals surface area contributed by atoms with E-state index in [-0.39, 0.29) is 6.10 Å². The number of aliphatic hydroxyl groups excluding tert-OH is 3. The van der Waals surface area contributed by atoms with Crippen LogP contribution in [0.4, 0.5) is 0 Å². The van der Waals surface area contributed by atoms with Gasteiger partial charge in [-0.15, -0.1) is 0 Å². The number of hydrogen-bond donors (Lipinski definition) is 4. The molecule has 0 bridgehead atoms. The molecule has 7 heteroatoms. The molecule has 0 aromatic heterocycles. The second-order valence-electron chi connectivity index (χ2n) is 4.09. The highest BCUT2D eigenvalue weighted by Crippen LogP contribution is 2.23. The molecular formula is C10H18O7. The monoisotopic (exact) mass is 250 g/mol. The first-order valence-corrected chi connectivity index (χ1v) is 5.46. The van der Waals surface area contributed by atoms with E-state index in [1.807, 2.05) is 6.92 Å². The van der Waals surface area contributed by atoms with E-state index in [4.69, 9.17) is 14.6 Å². The van der Waals surface area contributed by atoms with Crippen LogP contribution in [0.5, 0.6) is 0 Å². The van der Waals surface area contributed by atoms with Crippen molar-refractivity contribution in [1.29, 1.82) is 0 Å². The van der Waals surface area contributed by atoms with Gasteiger partial charge in [-0.1, -0.05) is 6.92 Å². The van der Waals surface area contributed by atoms with Crippen LogP contribution in [-0.2, 0) is 14.3 Å². The van der Waals surface area contributed by atoms with Crippen molar-refractivity contribution in [2.45, 2.75) is 57.1 Å². The Bertz CT molecular complexity index is 269. The van der Waals surface area contributed by atoms with E-state index in [9.17, 15) is 20.1 Å². The molecule has 4 N–H and O–H groups in total. The summed E-state index contributed by atoms with van der Waals surface area (Å²) >= 11 is 0. The van der Waals surface area contributed by atoms with E-state index in [0.29, 0.717) is 6.42 Å². The van der Waals surface area contributed by atoms with Crippen molar-refractivity contribution >= 4 is 5.97 Å². The minimum absolute atomic E-state index is 0.258. The summed E-state index contributed by atoms with van der Waals surface area (Å²) in [7, 11) is 0. The maximum atomic E-state index is 10.8. The zero-order valence-corrected chi connectivity index (χ0v) is 9.68. The molecule has 0 spiro atoms. The summed E-state index contributed by atoms with van der Waals surface area (Å²) in [5, 5.41) is 37.3. The summed E-state index contributed by atoms with van der Waals surface area (Å²) in [6.45, 7) is 3.57. The van der Waals surface area contributed by atoms with Gasteiger partial charge in [0.05, 0.1) is 6.10 Å². The van der Waals surface area contributed by atoms with Gasteiger partial charge in [-0.2, -0.15) is 0 Å². The summed E-state index contributed by atoms with van der Waals surface area (Å²) in [5.74, 6) is -1.42. The Balaban J connectivity index is 2.74.